The van der Waals surface area contributed by atoms with E-state index in [4.69, 9.17) is 5.11 Å². The van der Waals surface area contributed by atoms with E-state index in [9.17, 15) is 8.78 Å². The van der Waals surface area contributed by atoms with Crippen LogP contribution < -0.4 is 5.32 Å². The van der Waals surface area contributed by atoms with Gasteiger partial charge in [0.05, 0.1) is 0 Å². The van der Waals surface area contributed by atoms with Gasteiger partial charge in [0.15, 0.2) is 0 Å². The van der Waals surface area contributed by atoms with Gasteiger partial charge in [-0.3, -0.25) is 0 Å². The van der Waals surface area contributed by atoms with E-state index in [0.29, 0.717) is 12.5 Å². The van der Waals surface area contributed by atoms with Crippen LogP contribution in [0.5, 0.6) is 0 Å². The third kappa shape index (κ3) is 4.62. The molecule has 1 atom stereocenters. The van der Waals surface area contributed by atoms with Gasteiger partial charge in [0.25, 0.3) is 6.43 Å². The minimum atomic E-state index is -2.70. The van der Waals surface area contributed by atoms with E-state index in [2.05, 4.69) is 5.32 Å². The second-order valence-corrected chi connectivity index (χ2v) is 3.68. The van der Waals surface area contributed by atoms with Crippen molar-refractivity contribution in [2.75, 3.05) is 13.1 Å². The molecule has 0 amide bonds. The molecule has 4 heteroatoms. The molecular weight excluding hydrogens is 164 g/mol. The van der Waals surface area contributed by atoms with E-state index in [1.54, 1.807) is 0 Å². The molecule has 74 valence electrons. The van der Waals surface area contributed by atoms with E-state index >= 15 is 0 Å². The Hall–Kier alpha value is -0.220. The van der Waals surface area contributed by atoms with E-state index < -0.39 is 12.0 Å². The molecule has 1 unspecified atom stereocenters. The Labute approximate surface area is 72.0 Å². The summed E-state index contributed by atoms with van der Waals surface area (Å²) < 4.78 is 24.1. The highest BCUT2D eigenvalue weighted by Crippen LogP contribution is 2.13. The zero-order valence-corrected chi connectivity index (χ0v) is 7.77. The van der Waals surface area contributed by atoms with Crippen molar-refractivity contribution in [1.29, 1.82) is 0 Å². The molecule has 0 aromatic rings. The van der Waals surface area contributed by atoms with Crippen LogP contribution in [0.2, 0.25) is 0 Å². The number of alkyl halides is 2. The Morgan fingerprint density at radius 3 is 2.25 bits per heavy atom. The third-order valence-corrected chi connectivity index (χ3v) is 1.51. The quantitative estimate of drug-likeness (QED) is 0.669. The number of aliphatic hydroxyl groups is 1. The maximum Gasteiger partial charge on any atom is 0.267 e. The number of hydrogen-bond acceptors (Lipinski definition) is 2. The van der Waals surface area contributed by atoms with Crippen LogP contribution in [-0.4, -0.2) is 30.2 Å². The number of nitrogens with one attached hydrogen (secondary N) is 1. The summed E-state index contributed by atoms with van der Waals surface area (Å²) in [6, 6.07) is 0. The molecule has 0 radical (unpaired) electrons. The number of halogens is 2. The van der Waals surface area contributed by atoms with Crippen LogP contribution in [0.1, 0.15) is 20.8 Å². The van der Waals surface area contributed by atoms with Crippen molar-refractivity contribution in [3.8, 4) is 0 Å². The van der Waals surface area contributed by atoms with E-state index in [1.807, 2.05) is 13.8 Å². The van der Waals surface area contributed by atoms with Crippen LogP contribution in [-0.2, 0) is 0 Å². The van der Waals surface area contributed by atoms with Crippen LogP contribution in [0, 0.1) is 5.92 Å². The van der Waals surface area contributed by atoms with Crippen LogP contribution in [0.25, 0.3) is 0 Å². The zero-order valence-electron chi connectivity index (χ0n) is 7.77. The molecule has 12 heavy (non-hydrogen) atoms. The van der Waals surface area contributed by atoms with Crippen LogP contribution in [0.4, 0.5) is 8.78 Å². The Morgan fingerprint density at radius 1 is 1.42 bits per heavy atom. The zero-order chi connectivity index (χ0) is 9.78. The molecule has 0 aliphatic carbocycles. The largest absolute Gasteiger partial charge is 0.383 e. The number of rotatable bonds is 5. The lowest BCUT2D eigenvalue weighted by Crippen LogP contribution is -2.44. The van der Waals surface area contributed by atoms with Gasteiger partial charge in [0.2, 0.25) is 0 Å². The Kier molecular flexibility index (Phi) is 4.63. The second kappa shape index (κ2) is 4.72. The Balaban J connectivity index is 3.61. The van der Waals surface area contributed by atoms with Gasteiger partial charge in [-0.2, -0.15) is 0 Å². The number of hydrogen-bond donors (Lipinski definition) is 2. The molecule has 0 saturated heterocycles. The molecule has 2 N–H and O–H groups in total. The standard InChI is InChI=1S/C8H17F2NO/c1-6(2)4-11-5-8(3,12)7(9)10/h6-7,11-12H,4-5H2,1-3H3. The van der Waals surface area contributed by atoms with Gasteiger partial charge >= 0.3 is 0 Å². The van der Waals surface area contributed by atoms with Gasteiger partial charge in [-0.1, -0.05) is 13.8 Å². The first-order chi connectivity index (χ1) is 5.36. The SMILES string of the molecule is CC(C)CNCC(C)(O)C(F)F. The van der Waals surface area contributed by atoms with E-state index in [1.165, 1.54) is 0 Å². The van der Waals surface area contributed by atoms with Gasteiger partial charge in [-0.15, -0.1) is 0 Å². The summed E-state index contributed by atoms with van der Waals surface area (Å²) in [7, 11) is 0. The molecule has 0 aliphatic rings. The monoisotopic (exact) mass is 181 g/mol. The smallest absolute Gasteiger partial charge is 0.267 e. The third-order valence-electron chi connectivity index (χ3n) is 1.51. The highest BCUT2D eigenvalue weighted by Gasteiger charge is 2.31. The van der Waals surface area contributed by atoms with Crippen molar-refractivity contribution in [2.45, 2.75) is 32.8 Å². The fourth-order valence-electron chi connectivity index (χ4n) is 0.691. The lowest BCUT2D eigenvalue weighted by atomic mass is 10.1. The molecule has 0 rings (SSSR count). The van der Waals surface area contributed by atoms with Crippen molar-refractivity contribution in [3.63, 3.8) is 0 Å². The predicted octanol–water partition coefficient (Wildman–Crippen LogP) is 1.25. The summed E-state index contributed by atoms with van der Waals surface area (Å²) in [5, 5.41) is 11.9. The highest BCUT2D eigenvalue weighted by molar-refractivity contribution is 4.78. The van der Waals surface area contributed by atoms with E-state index in [0.717, 1.165) is 6.92 Å². The van der Waals surface area contributed by atoms with E-state index in [-0.39, 0.29) is 6.54 Å². The van der Waals surface area contributed by atoms with Crippen molar-refractivity contribution >= 4 is 0 Å². The average Bonchev–Trinajstić information content (AvgIpc) is 1.85. The van der Waals surface area contributed by atoms with Crippen LogP contribution in [0.15, 0.2) is 0 Å². The molecule has 0 aromatic carbocycles. The first kappa shape index (κ1) is 11.8. The fourth-order valence-corrected chi connectivity index (χ4v) is 0.691. The molecular formula is C8H17F2NO. The minimum Gasteiger partial charge on any atom is -0.383 e. The first-order valence-corrected chi connectivity index (χ1v) is 4.07. The fraction of sp³-hybridized carbons (Fsp3) is 1.00. The first-order valence-electron chi connectivity index (χ1n) is 4.07. The highest BCUT2D eigenvalue weighted by atomic mass is 19.3. The molecule has 0 saturated carbocycles. The second-order valence-electron chi connectivity index (χ2n) is 3.68. The molecule has 0 heterocycles. The van der Waals surface area contributed by atoms with Crippen molar-refractivity contribution in [1.82, 2.24) is 5.32 Å². The molecule has 0 aromatic heterocycles. The lowest BCUT2D eigenvalue weighted by molar-refractivity contribution is -0.0809. The molecule has 0 aliphatic heterocycles. The summed E-state index contributed by atoms with van der Waals surface area (Å²) in [5.41, 5.74) is -1.91. The maximum atomic E-state index is 12.0. The van der Waals surface area contributed by atoms with Crippen LogP contribution >= 0.6 is 0 Å². The van der Waals surface area contributed by atoms with Crippen molar-refractivity contribution in [2.24, 2.45) is 5.92 Å². The molecule has 0 fully saturated rings. The van der Waals surface area contributed by atoms with Gasteiger partial charge < -0.3 is 10.4 Å². The van der Waals surface area contributed by atoms with Gasteiger partial charge in [0.1, 0.15) is 5.60 Å². The summed E-state index contributed by atoms with van der Waals surface area (Å²) >= 11 is 0. The average molecular weight is 181 g/mol. The molecule has 2 nitrogen and oxygen atoms in total. The molecule has 0 bridgehead atoms. The summed E-state index contributed by atoms with van der Waals surface area (Å²) in [6.45, 7) is 5.66. The van der Waals surface area contributed by atoms with Gasteiger partial charge in [-0.25, -0.2) is 8.78 Å². The summed E-state index contributed by atoms with van der Waals surface area (Å²) in [5.74, 6) is 0.401. The minimum absolute atomic E-state index is 0.0666. The topological polar surface area (TPSA) is 32.3 Å². The van der Waals surface area contributed by atoms with Crippen LogP contribution in [0.3, 0.4) is 0 Å². The van der Waals surface area contributed by atoms with Gasteiger partial charge in [0, 0.05) is 6.54 Å². The lowest BCUT2D eigenvalue weighted by Gasteiger charge is -2.22. The Morgan fingerprint density at radius 2 is 1.92 bits per heavy atom. The van der Waals surface area contributed by atoms with Crippen molar-refractivity contribution < 1.29 is 13.9 Å². The summed E-state index contributed by atoms with van der Waals surface area (Å²) in [4.78, 5) is 0. The predicted molar refractivity (Wildman–Crippen MR) is 44.3 cm³/mol. The normalized spacial score (nSPS) is 17.0. The van der Waals surface area contributed by atoms with Crippen molar-refractivity contribution in [3.05, 3.63) is 0 Å². The summed E-state index contributed by atoms with van der Waals surface area (Å²) in [6.07, 6.45) is -2.70. The van der Waals surface area contributed by atoms with Gasteiger partial charge in [-0.05, 0) is 19.4 Å². The maximum absolute atomic E-state index is 12.0. The molecule has 0 spiro atoms. The Bertz CT molecular complexity index is 126.